The van der Waals surface area contributed by atoms with Crippen LogP contribution in [0, 0.1) is 5.92 Å². The molecule has 102 valence electrons. The van der Waals surface area contributed by atoms with Crippen molar-refractivity contribution in [2.24, 2.45) is 5.92 Å². The summed E-state index contributed by atoms with van der Waals surface area (Å²) in [5, 5.41) is 9.25. The average molecular weight is 391 g/mol. The molecule has 0 radical (unpaired) electrons. The number of hydrogen-bond acceptors (Lipinski definition) is 2. The third-order valence-electron chi connectivity index (χ3n) is 3.32. The summed E-state index contributed by atoms with van der Waals surface area (Å²) in [4.78, 5) is 25.2. The van der Waals surface area contributed by atoms with Crippen molar-refractivity contribution in [1.82, 2.24) is 4.90 Å². The maximum absolute atomic E-state index is 12.4. The minimum absolute atomic E-state index is 0.0166. The molecule has 2 rings (SSSR count). The number of nitrogens with zero attached hydrogens (tertiary/aromatic N) is 1. The molecule has 0 aromatic heterocycles. The van der Waals surface area contributed by atoms with Crippen molar-refractivity contribution >= 4 is 43.7 Å². The molecular formula is C13H13Br2NO3. The number of carbonyl (C=O) groups is 2. The molecule has 1 saturated heterocycles. The lowest BCUT2D eigenvalue weighted by atomic mass is 10.0. The minimum Gasteiger partial charge on any atom is -0.480 e. The van der Waals surface area contributed by atoms with Crippen LogP contribution in [0.5, 0.6) is 0 Å². The number of carboxylic acids is 1. The first-order valence-corrected chi connectivity index (χ1v) is 7.48. The van der Waals surface area contributed by atoms with Crippen molar-refractivity contribution in [2.75, 3.05) is 6.54 Å². The first kappa shape index (κ1) is 14.5. The smallest absolute Gasteiger partial charge is 0.326 e. The Morgan fingerprint density at radius 3 is 2.37 bits per heavy atom. The van der Waals surface area contributed by atoms with E-state index in [1.807, 2.05) is 13.0 Å². The van der Waals surface area contributed by atoms with Gasteiger partial charge in [0.25, 0.3) is 5.91 Å². The molecule has 1 aliphatic heterocycles. The summed E-state index contributed by atoms with van der Waals surface area (Å²) in [6.45, 7) is 2.35. The van der Waals surface area contributed by atoms with Crippen molar-refractivity contribution in [3.05, 3.63) is 32.7 Å². The highest BCUT2D eigenvalue weighted by Gasteiger charge is 2.39. The van der Waals surface area contributed by atoms with Gasteiger partial charge in [-0.3, -0.25) is 4.79 Å². The van der Waals surface area contributed by atoms with Gasteiger partial charge in [-0.2, -0.15) is 0 Å². The van der Waals surface area contributed by atoms with Crippen molar-refractivity contribution < 1.29 is 14.7 Å². The standard InChI is InChI=1S/C13H13Br2NO3/c1-7-2-3-16(11(7)13(18)19)12(17)8-4-9(14)6-10(15)5-8/h4-7,11H,2-3H2,1H3,(H,18,19). The van der Waals surface area contributed by atoms with Crippen LogP contribution in [0.2, 0.25) is 0 Å². The summed E-state index contributed by atoms with van der Waals surface area (Å²) in [5.41, 5.74) is 0.488. The SMILES string of the molecule is CC1CCN(C(=O)c2cc(Br)cc(Br)c2)C1C(=O)O. The van der Waals surface area contributed by atoms with E-state index in [-0.39, 0.29) is 11.8 Å². The third-order valence-corrected chi connectivity index (χ3v) is 4.24. The van der Waals surface area contributed by atoms with Crippen molar-refractivity contribution in [1.29, 1.82) is 0 Å². The fourth-order valence-corrected chi connectivity index (χ4v) is 3.69. The summed E-state index contributed by atoms with van der Waals surface area (Å²) in [5.74, 6) is -1.19. The average Bonchev–Trinajstić information content (AvgIpc) is 2.68. The van der Waals surface area contributed by atoms with E-state index in [1.54, 1.807) is 12.1 Å². The van der Waals surface area contributed by atoms with Gasteiger partial charge in [-0.25, -0.2) is 4.79 Å². The second-order valence-electron chi connectivity index (χ2n) is 4.71. The topological polar surface area (TPSA) is 57.6 Å². The highest BCUT2D eigenvalue weighted by Crippen LogP contribution is 2.28. The molecule has 19 heavy (non-hydrogen) atoms. The maximum atomic E-state index is 12.4. The van der Waals surface area contributed by atoms with Crippen molar-refractivity contribution in [3.63, 3.8) is 0 Å². The van der Waals surface area contributed by atoms with E-state index in [2.05, 4.69) is 31.9 Å². The van der Waals surface area contributed by atoms with Gasteiger partial charge in [0.2, 0.25) is 0 Å². The molecule has 6 heteroatoms. The van der Waals surface area contributed by atoms with Crippen LogP contribution in [0.4, 0.5) is 0 Å². The first-order chi connectivity index (χ1) is 8.90. The monoisotopic (exact) mass is 389 g/mol. The van der Waals surface area contributed by atoms with E-state index in [0.29, 0.717) is 12.1 Å². The summed E-state index contributed by atoms with van der Waals surface area (Å²) in [7, 11) is 0. The van der Waals surface area contributed by atoms with Crippen LogP contribution in [0.3, 0.4) is 0 Å². The normalized spacial score (nSPS) is 22.6. The number of amides is 1. The molecule has 1 aromatic carbocycles. The van der Waals surface area contributed by atoms with Crippen LogP contribution in [-0.4, -0.2) is 34.5 Å². The van der Waals surface area contributed by atoms with E-state index in [0.717, 1.165) is 15.4 Å². The fourth-order valence-electron chi connectivity index (χ4n) is 2.39. The molecule has 0 saturated carbocycles. The molecule has 2 atom stereocenters. The fraction of sp³-hybridized carbons (Fsp3) is 0.385. The van der Waals surface area contributed by atoms with E-state index in [4.69, 9.17) is 0 Å². The molecular weight excluding hydrogens is 378 g/mol. The Morgan fingerprint density at radius 2 is 1.84 bits per heavy atom. The van der Waals surface area contributed by atoms with Crippen LogP contribution >= 0.6 is 31.9 Å². The molecule has 1 amide bonds. The Morgan fingerprint density at radius 1 is 1.26 bits per heavy atom. The number of carboxylic acid groups (broad SMARTS) is 1. The van der Waals surface area contributed by atoms with Crippen LogP contribution in [0.15, 0.2) is 27.1 Å². The molecule has 2 unspecified atom stereocenters. The van der Waals surface area contributed by atoms with Gasteiger partial charge in [0.05, 0.1) is 0 Å². The van der Waals surface area contributed by atoms with Gasteiger partial charge in [-0.05, 0) is 30.5 Å². The Bertz CT molecular complexity index is 512. The number of likely N-dealkylation sites (tertiary alicyclic amines) is 1. The lowest BCUT2D eigenvalue weighted by molar-refractivity contribution is -0.142. The minimum atomic E-state index is -0.938. The summed E-state index contributed by atoms with van der Waals surface area (Å²) < 4.78 is 1.56. The Hall–Kier alpha value is -0.880. The van der Waals surface area contributed by atoms with Crippen molar-refractivity contribution in [3.8, 4) is 0 Å². The lowest BCUT2D eigenvalue weighted by Crippen LogP contribution is -2.42. The number of benzene rings is 1. The Balaban J connectivity index is 2.31. The molecule has 0 spiro atoms. The van der Waals surface area contributed by atoms with Crippen LogP contribution < -0.4 is 0 Å². The van der Waals surface area contributed by atoms with Gasteiger partial charge in [0.15, 0.2) is 0 Å². The highest BCUT2D eigenvalue weighted by atomic mass is 79.9. The summed E-state index contributed by atoms with van der Waals surface area (Å²) in [6, 6.07) is 4.51. The number of carbonyl (C=O) groups excluding carboxylic acids is 1. The van der Waals surface area contributed by atoms with Gasteiger partial charge < -0.3 is 10.0 Å². The maximum Gasteiger partial charge on any atom is 0.326 e. The summed E-state index contributed by atoms with van der Waals surface area (Å²) in [6.07, 6.45) is 0.720. The second kappa shape index (κ2) is 5.63. The molecule has 0 aliphatic carbocycles. The van der Waals surface area contributed by atoms with E-state index >= 15 is 0 Å². The van der Waals surface area contributed by atoms with Crippen LogP contribution in [-0.2, 0) is 4.79 Å². The number of hydrogen-bond donors (Lipinski definition) is 1. The van der Waals surface area contributed by atoms with Crippen molar-refractivity contribution in [2.45, 2.75) is 19.4 Å². The zero-order chi connectivity index (χ0) is 14.2. The molecule has 1 aromatic rings. The van der Waals surface area contributed by atoms with Gasteiger partial charge in [0, 0.05) is 21.1 Å². The predicted molar refractivity (Wildman–Crippen MR) is 78.1 cm³/mol. The van der Waals surface area contributed by atoms with Crippen LogP contribution in [0.25, 0.3) is 0 Å². The van der Waals surface area contributed by atoms with E-state index < -0.39 is 12.0 Å². The second-order valence-corrected chi connectivity index (χ2v) is 6.54. The van der Waals surface area contributed by atoms with Gasteiger partial charge in [-0.1, -0.05) is 38.8 Å². The van der Waals surface area contributed by atoms with Gasteiger partial charge in [-0.15, -0.1) is 0 Å². The van der Waals surface area contributed by atoms with Crippen LogP contribution in [0.1, 0.15) is 23.7 Å². The molecule has 1 fully saturated rings. The zero-order valence-electron chi connectivity index (χ0n) is 10.3. The number of rotatable bonds is 2. The molecule has 0 bridgehead atoms. The lowest BCUT2D eigenvalue weighted by Gasteiger charge is -2.23. The van der Waals surface area contributed by atoms with Gasteiger partial charge in [0.1, 0.15) is 6.04 Å². The number of halogens is 2. The molecule has 4 nitrogen and oxygen atoms in total. The predicted octanol–water partition coefficient (Wildman–Crippen LogP) is 3.15. The Kier molecular flexibility index (Phi) is 4.30. The molecule has 1 aliphatic rings. The number of aliphatic carboxylic acids is 1. The van der Waals surface area contributed by atoms with E-state index in [9.17, 15) is 14.7 Å². The largest absolute Gasteiger partial charge is 0.480 e. The Labute approximate surface area is 128 Å². The summed E-state index contributed by atoms with van der Waals surface area (Å²) >= 11 is 6.66. The third kappa shape index (κ3) is 3.00. The molecule has 1 heterocycles. The zero-order valence-corrected chi connectivity index (χ0v) is 13.4. The first-order valence-electron chi connectivity index (χ1n) is 5.90. The quantitative estimate of drug-likeness (QED) is 0.843. The van der Waals surface area contributed by atoms with Gasteiger partial charge >= 0.3 is 5.97 Å². The molecule has 1 N–H and O–H groups in total. The highest BCUT2D eigenvalue weighted by molar-refractivity contribution is 9.11. The van der Waals surface area contributed by atoms with E-state index in [1.165, 1.54) is 4.90 Å².